The summed E-state index contributed by atoms with van der Waals surface area (Å²) in [5, 5.41) is 12.6. The highest BCUT2D eigenvalue weighted by Crippen LogP contribution is 2.35. The van der Waals surface area contributed by atoms with Crippen molar-refractivity contribution >= 4 is 33.4 Å². The number of ether oxygens (including phenoxy) is 1. The first kappa shape index (κ1) is 16.4. The number of rotatable bonds is 5. The standard InChI is InChI=1S/C19H22N6O/c1-5-13-11(4)17-18(23-13)20-9-21-19(17)24-15-6-12-8-22-25-14(12)7-16(15)26-10(2)3/h6-10H,5H2,1-4H3,(H,22,25)(H2,20,21,23,24). The lowest BCUT2D eigenvalue weighted by atomic mass is 10.1. The van der Waals surface area contributed by atoms with Crippen LogP contribution in [0.3, 0.4) is 0 Å². The lowest BCUT2D eigenvalue weighted by Crippen LogP contribution is -2.08. The number of anilines is 2. The Labute approximate surface area is 151 Å². The lowest BCUT2D eigenvalue weighted by Gasteiger charge is -2.16. The Hall–Kier alpha value is -3.09. The van der Waals surface area contributed by atoms with Crippen molar-refractivity contribution in [1.29, 1.82) is 0 Å². The van der Waals surface area contributed by atoms with E-state index in [4.69, 9.17) is 4.74 Å². The highest BCUT2D eigenvalue weighted by Gasteiger charge is 2.15. The molecule has 3 aromatic heterocycles. The molecule has 0 spiro atoms. The number of benzene rings is 1. The molecule has 26 heavy (non-hydrogen) atoms. The van der Waals surface area contributed by atoms with E-state index in [0.717, 1.165) is 45.6 Å². The number of nitrogens with one attached hydrogen (secondary N) is 3. The third-order valence-corrected chi connectivity index (χ3v) is 4.45. The number of fused-ring (bicyclic) bond motifs is 2. The predicted molar refractivity (Wildman–Crippen MR) is 103 cm³/mol. The van der Waals surface area contributed by atoms with E-state index in [1.165, 1.54) is 11.3 Å². The molecule has 3 N–H and O–H groups in total. The molecular weight excluding hydrogens is 328 g/mol. The van der Waals surface area contributed by atoms with Gasteiger partial charge in [0.2, 0.25) is 0 Å². The molecule has 0 amide bonds. The van der Waals surface area contributed by atoms with Gasteiger partial charge in [0.15, 0.2) is 0 Å². The van der Waals surface area contributed by atoms with Crippen LogP contribution in [0.4, 0.5) is 11.5 Å². The maximum absolute atomic E-state index is 6.00. The first-order valence-corrected chi connectivity index (χ1v) is 8.79. The average molecular weight is 350 g/mol. The number of aromatic nitrogens is 5. The Bertz CT molecular complexity index is 1080. The number of hydrogen-bond acceptors (Lipinski definition) is 5. The van der Waals surface area contributed by atoms with Gasteiger partial charge in [-0.15, -0.1) is 0 Å². The van der Waals surface area contributed by atoms with Crippen molar-refractivity contribution in [2.24, 2.45) is 0 Å². The van der Waals surface area contributed by atoms with E-state index in [1.54, 1.807) is 12.5 Å². The quantitative estimate of drug-likeness (QED) is 0.501. The third kappa shape index (κ3) is 2.75. The number of H-pyrrole nitrogens is 2. The van der Waals surface area contributed by atoms with Crippen LogP contribution < -0.4 is 10.1 Å². The second kappa shape index (κ2) is 6.33. The van der Waals surface area contributed by atoms with Crippen LogP contribution >= 0.6 is 0 Å². The zero-order valence-electron chi connectivity index (χ0n) is 15.3. The van der Waals surface area contributed by atoms with Gasteiger partial charge in [-0.25, -0.2) is 9.97 Å². The van der Waals surface area contributed by atoms with E-state index in [1.807, 2.05) is 26.0 Å². The summed E-state index contributed by atoms with van der Waals surface area (Å²) in [6, 6.07) is 3.98. The Morgan fingerprint density at radius 3 is 2.85 bits per heavy atom. The van der Waals surface area contributed by atoms with Gasteiger partial charge in [-0.1, -0.05) is 6.92 Å². The molecule has 0 aliphatic rings. The molecular formula is C19H22N6O. The fourth-order valence-electron chi connectivity index (χ4n) is 3.22. The lowest BCUT2D eigenvalue weighted by molar-refractivity contribution is 0.244. The van der Waals surface area contributed by atoms with Gasteiger partial charge in [-0.2, -0.15) is 5.10 Å². The summed E-state index contributed by atoms with van der Waals surface area (Å²) in [4.78, 5) is 12.2. The summed E-state index contributed by atoms with van der Waals surface area (Å²) < 4.78 is 6.00. The molecule has 7 heteroatoms. The molecule has 0 aliphatic carbocycles. The largest absolute Gasteiger partial charge is 0.489 e. The van der Waals surface area contributed by atoms with E-state index >= 15 is 0 Å². The van der Waals surface area contributed by atoms with E-state index < -0.39 is 0 Å². The zero-order chi connectivity index (χ0) is 18.3. The van der Waals surface area contributed by atoms with Crippen LogP contribution in [0.25, 0.3) is 21.9 Å². The molecule has 0 radical (unpaired) electrons. The molecule has 1 aromatic carbocycles. The molecule has 7 nitrogen and oxygen atoms in total. The molecule has 0 fully saturated rings. The Morgan fingerprint density at radius 1 is 1.23 bits per heavy atom. The van der Waals surface area contributed by atoms with Crippen LogP contribution in [0.1, 0.15) is 32.0 Å². The Morgan fingerprint density at radius 2 is 2.08 bits per heavy atom. The van der Waals surface area contributed by atoms with Gasteiger partial charge in [0.25, 0.3) is 0 Å². The van der Waals surface area contributed by atoms with Crippen LogP contribution in [0.2, 0.25) is 0 Å². The Balaban J connectivity index is 1.84. The molecule has 0 atom stereocenters. The molecule has 0 saturated carbocycles. The molecule has 4 aromatic rings. The van der Waals surface area contributed by atoms with Crippen molar-refractivity contribution in [3.8, 4) is 5.75 Å². The number of aromatic amines is 2. The second-order valence-electron chi connectivity index (χ2n) is 6.63. The monoisotopic (exact) mass is 350 g/mol. The van der Waals surface area contributed by atoms with Crippen molar-refractivity contribution in [3.63, 3.8) is 0 Å². The minimum atomic E-state index is 0.0574. The van der Waals surface area contributed by atoms with Crippen LogP contribution in [0.15, 0.2) is 24.7 Å². The van der Waals surface area contributed by atoms with Crippen molar-refractivity contribution in [1.82, 2.24) is 25.1 Å². The van der Waals surface area contributed by atoms with Gasteiger partial charge in [0.05, 0.1) is 28.9 Å². The number of hydrogen-bond donors (Lipinski definition) is 3. The van der Waals surface area contributed by atoms with Crippen LogP contribution in [0.5, 0.6) is 5.75 Å². The number of nitrogens with zero attached hydrogens (tertiary/aromatic N) is 3. The van der Waals surface area contributed by atoms with Crippen molar-refractivity contribution in [3.05, 3.63) is 35.9 Å². The molecule has 0 bridgehead atoms. The third-order valence-electron chi connectivity index (χ3n) is 4.45. The van der Waals surface area contributed by atoms with Gasteiger partial charge in [-0.05, 0) is 38.8 Å². The predicted octanol–water partition coefficient (Wildman–Crippen LogP) is 4.24. The summed E-state index contributed by atoms with van der Waals surface area (Å²) in [5.41, 5.74) is 4.97. The first-order chi connectivity index (χ1) is 12.6. The average Bonchev–Trinajstić information content (AvgIpc) is 3.19. The maximum Gasteiger partial charge on any atom is 0.145 e. The zero-order valence-corrected chi connectivity index (χ0v) is 15.3. The molecule has 0 unspecified atom stereocenters. The smallest absolute Gasteiger partial charge is 0.145 e. The summed E-state index contributed by atoms with van der Waals surface area (Å²) in [6.07, 6.45) is 4.34. The van der Waals surface area contributed by atoms with Gasteiger partial charge in [-0.3, -0.25) is 5.10 Å². The molecule has 0 aliphatic heterocycles. The fourth-order valence-corrected chi connectivity index (χ4v) is 3.22. The molecule has 3 heterocycles. The highest BCUT2D eigenvalue weighted by atomic mass is 16.5. The molecule has 134 valence electrons. The highest BCUT2D eigenvalue weighted by molar-refractivity contribution is 5.95. The first-order valence-electron chi connectivity index (χ1n) is 8.79. The maximum atomic E-state index is 6.00. The summed E-state index contributed by atoms with van der Waals surface area (Å²) in [6.45, 7) is 8.23. The van der Waals surface area contributed by atoms with Gasteiger partial charge in [0, 0.05) is 17.1 Å². The van der Waals surface area contributed by atoms with Gasteiger partial charge < -0.3 is 15.0 Å². The van der Waals surface area contributed by atoms with Crippen molar-refractivity contribution in [2.75, 3.05) is 5.32 Å². The summed E-state index contributed by atoms with van der Waals surface area (Å²) >= 11 is 0. The van der Waals surface area contributed by atoms with Crippen molar-refractivity contribution in [2.45, 2.75) is 40.2 Å². The van der Waals surface area contributed by atoms with Crippen LogP contribution in [-0.2, 0) is 6.42 Å². The molecule has 0 saturated heterocycles. The molecule has 4 rings (SSSR count). The van der Waals surface area contributed by atoms with Crippen LogP contribution in [-0.4, -0.2) is 31.3 Å². The second-order valence-corrected chi connectivity index (χ2v) is 6.63. The van der Waals surface area contributed by atoms with Crippen molar-refractivity contribution < 1.29 is 4.74 Å². The van der Waals surface area contributed by atoms with E-state index in [9.17, 15) is 0 Å². The van der Waals surface area contributed by atoms with E-state index in [-0.39, 0.29) is 6.10 Å². The normalized spacial score (nSPS) is 11.6. The number of aryl methyl sites for hydroxylation is 2. The minimum Gasteiger partial charge on any atom is -0.489 e. The van der Waals surface area contributed by atoms with Gasteiger partial charge >= 0.3 is 0 Å². The van der Waals surface area contributed by atoms with Gasteiger partial charge in [0.1, 0.15) is 23.5 Å². The SMILES string of the molecule is CCc1[nH]c2ncnc(Nc3cc4cn[nH]c4cc3OC(C)C)c2c1C. The van der Waals surface area contributed by atoms with Crippen LogP contribution in [0, 0.1) is 6.92 Å². The topological polar surface area (TPSA) is 91.5 Å². The minimum absolute atomic E-state index is 0.0574. The van der Waals surface area contributed by atoms with E-state index in [0.29, 0.717) is 0 Å². The summed E-state index contributed by atoms with van der Waals surface area (Å²) in [7, 11) is 0. The summed E-state index contributed by atoms with van der Waals surface area (Å²) in [5.74, 6) is 1.52. The fraction of sp³-hybridized carbons (Fsp3) is 0.316. The van der Waals surface area contributed by atoms with E-state index in [2.05, 4.69) is 44.3 Å². The Kier molecular flexibility index (Phi) is 3.99.